The molecule has 88 valence electrons. The third-order valence-electron chi connectivity index (χ3n) is 2.37. The quantitative estimate of drug-likeness (QED) is 0.350. The molecule has 0 rings (SSSR count). The summed E-state index contributed by atoms with van der Waals surface area (Å²) in [5, 5.41) is 10.4. The normalized spacial score (nSPS) is 11.3. The fourth-order valence-corrected chi connectivity index (χ4v) is 4.05. The zero-order valence-electron chi connectivity index (χ0n) is 10.2. The molecule has 0 aliphatic rings. The van der Waals surface area contributed by atoms with Crippen molar-refractivity contribution in [2.24, 2.45) is 0 Å². The number of hydrogen-bond acceptors (Lipinski definition) is 3. The summed E-state index contributed by atoms with van der Waals surface area (Å²) in [4.78, 5) is 0. The molecule has 2 nitrogen and oxygen atoms in total. The highest BCUT2D eigenvalue weighted by Crippen LogP contribution is 2.16. The first-order valence-corrected chi connectivity index (χ1v) is 9.87. The van der Waals surface area contributed by atoms with Crippen LogP contribution < -0.4 is 0 Å². The van der Waals surface area contributed by atoms with E-state index in [2.05, 4.69) is 25.4 Å². The molecule has 0 saturated heterocycles. The van der Waals surface area contributed by atoms with E-state index in [1.54, 1.807) is 0 Å². The number of nitrogens with zero attached hydrogens (tertiary/aromatic N) is 1. The van der Waals surface area contributed by atoms with Crippen LogP contribution in [0.2, 0.25) is 19.1 Å². The average molecular weight is 245 g/mol. The van der Waals surface area contributed by atoms with Crippen LogP contribution in [-0.4, -0.2) is 20.7 Å². The van der Waals surface area contributed by atoms with Crippen molar-refractivity contribution in [1.82, 2.24) is 0 Å². The third kappa shape index (κ3) is 10.3. The van der Waals surface area contributed by atoms with Gasteiger partial charge in [-0.3, -0.25) is 0 Å². The first kappa shape index (κ1) is 15.0. The molecule has 0 amide bonds. The Kier molecular flexibility index (Phi) is 9.27. The van der Waals surface area contributed by atoms with Crippen LogP contribution in [0.4, 0.5) is 0 Å². The maximum Gasteiger partial charge on any atom is 0.186 e. The van der Waals surface area contributed by atoms with Crippen molar-refractivity contribution in [3.05, 3.63) is 0 Å². The van der Waals surface area contributed by atoms with Gasteiger partial charge in [0.15, 0.2) is 8.32 Å². The van der Waals surface area contributed by atoms with Gasteiger partial charge in [-0.05, 0) is 44.2 Å². The highest BCUT2D eigenvalue weighted by Gasteiger charge is 2.20. The van der Waals surface area contributed by atoms with Crippen molar-refractivity contribution in [3.63, 3.8) is 0 Å². The largest absolute Gasteiger partial charge is 0.418 e. The van der Waals surface area contributed by atoms with Crippen molar-refractivity contribution < 1.29 is 4.43 Å². The first-order chi connectivity index (χ1) is 7.12. The van der Waals surface area contributed by atoms with Crippen molar-refractivity contribution in [3.8, 4) is 5.40 Å². The van der Waals surface area contributed by atoms with Crippen LogP contribution in [0.5, 0.6) is 0 Å². The van der Waals surface area contributed by atoms with Gasteiger partial charge in [0, 0.05) is 12.4 Å². The summed E-state index contributed by atoms with van der Waals surface area (Å²) in [7, 11) is -1.34. The Morgan fingerprint density at radius 1 is 1.20 bits per heavy atom. The summed E-state index contributed by atoms with van der Waals surface area (Å²) in [6.07, 6.45) is 5.01. The van der Waals surface area contributed by atoms with E-state index >= 15 is 0 Å². The van der Waals surface area contributed by atoms with Gasteiger partial charge >= 0.3 is 0 Å². The zero-order chi connectivity index (χ0) is 11.6. The van der Waals surface area contributed by atoms with Crippen molar-refractivity contribution in [1.29, 1.82) is 5.26 Å². The lowest BCUT2D eigenvalue weighted by Gasteiger charge is -2.21. The van der Waals surface area contributed by atoms with E-state index in [0.717, 1.165) is 12.4 Å². The van der Waals surface area contributed by atoms with Crippen LogP contribution in [0, 0.1) is 10.7 Å². The SMILES string of the molecule is CCO[Si](C)(C)CCCCCCSC#N. The molecular formula is C11H23NOSSi. The molecule has 0 aromatic carbocycles. The van der Waals surface area contributed by atoms with E-state index in [1.165, 1.54) is 43.5 Å². The molecule has 4 heteroatoms. The molecule has 0 fully saturated rings. The summed E-state index contributed by atoms with van der Waals surface area (Å²) >= 11 is 1.37. The molecule has 15 heavy (non-hydrogen) atoms. The number of nitriles is 1. The molecule has 0 aromatic rings. The fourth-order valence-electron chi connectivity index (χ4n) is 1.59. The van der Waals surface area contributed by atoms with Crippen molar-refractivity contribution >= 4 is 20.1 Å². The second-order valence-corrected chi connectivity index (χ2v) is 9.48. The van der Waals surface area contributed by atoms with Gasteiger partial charge in [-0.1, -0.05) is 19.3 Å². The maximum atomic E-state index is 8.34. The summed E-state index contributed by atoms with van der Waals surface area (Å²) in [6, 6.07) is 1.27. The first-order valence-electron chi connectivity index (χ1n) is 5.77. The lowest BCUT2D eigenvalue weighted by molar-refractivity contribution is 0.327. The van der Waals surface area contributed by atoms with Crippen LogP contribution in [0.25, 0.3) is 0 Å². The predicted molar refractivity (Wildman–Crippen MR) is 70.5 cm³/mol. The predicted octanol–water partition coefficient (Wildman–Crippen LogP) is 4.00. The lowest BCUT2D eigenvalue weighted by atomic mass is 10.2. The average Bonchev–Trinajstić information content (AvgIpc) is 2.16. The smallest absolute Gasteiger partial charge is 0.186 e. The summed E-state index contributed by atoms with van der Waals surface area (Å²) in [6.45, 7) is 7.52. The molecule has 0 bridgehead atoms. The molecule has 0 saturated carbocycles. The Labute approximate surface area is 99.5 Å². The Hall–Kier alpha value is 0.0169. The Balaban J connectivity index is 3.27. The van der Waals surface area contributed by atoms with Gasteiger partial charge in [-0.15, -0.1) is 0 Å². The highest BCUT2D eigenvalue weighted by molar-refractivity contribution is 8.03. The molecule has 0 aromatic heterocycles. The van der Waals surface area contributed by atoms with Crippen LogP contribution in [0.3, 0.4) is 0 Å². The molecule has 0 aliphatic carbocycles. The third-order valence-corrected chi connectivity index (χ3v) is 5.62. The summed E-state index contributed by atoms with van der Waals surface area (Å²) < 4.78 is 5.77. The minimum atomic E-state index is -1.34. The van der Waals surface area contributed by atoms with Gasteiger partial charge in [-0.2, -0.15) is 5.26 Å². The minimum absolute atomic E-state index is 0.859. The topological polar surface area (TPSA) is 33.0 Å². The number of thioether (sulfide) groups is 1. The Bertz CT molecular complexity index is 192. The van der Waals surface area contributed by atoms with E-state index in [-0.39, 0.29) is 0 Å². The van der Waals surface area contributed by atoms with Crippen molar-refractivity contribution in [2.45, 2.75) is 51.7 Å². The summed E-state index contributed by atoms with van der Waals surface area (Å²) in [5.41, 5.74) is 0. The van der Waals surface area contributed by atoms with Crippen molar-refractivity contribution in [2.75, 3.05) is 12.4 Å². The van der Waals surface area contributed by atoms with Crippen LogP contribution in [0.1, 0.15) is 32.6 Å². The van der Waals surface area contributed by atoms with E-state index < -0.39 is 8.32 Å². The number of unbranched alkanes of at least 4 members (excludes halogenated alkanes) is 3. The lowest BCUT2D eigenvalue weighted by Crippen LogP contribution is -2.29. The van der Waals surface area contributed by atoms with E-state index in [4.69, 9.17) is 9.69 Å². The van der Waals surface area contributed by atoms with Crippen LogP contribution >= 0.6 is 11.8 Å². The van der Waals surface area contributed by atoms with E-state index in [1.807, 2.05) is 0 Å². The van der Waals surface area contributed by atoms with Gasteiger partial charge in [-0.25, -0.2) is 0 Å². The molecule has 0 atom stereocenters. The number of thiocyanates is 1. The minimum Gasteiger partial charge on any atom is -0.418 e. The van der Waals surface area contributed by atoms with Gasteiger partial charge < -0.3 is 4.43 Å². The highest BCUT2D eigenvalue weighted by atomic mass is 32.2. The number of hydrogen-bond donors (Lipinski definition) is 0. The molecule has 0 radical (unpaired) electrons. The molecule has 0 N–H and O–H groups in total. The van der Waals surface area contributed by atoms with Gasteiger partial charge in [0.25, 0.3) is 0 Å². The van der Waals surface area contributed by atoms with Gasteiger partial charge in [0.1, 0.15) is 5.40 Å². The van der Waals surface area contributed by atoms with Gasteiger partial charge in [0.2, 0.25) is 0 Å². The fraction of sp³-hybridized carbons (Fsp3) is 0.909. The Morgan fingerprint density at radius 2 is 1.87 bits per heavy atom. The molecule has 0 unspecified atom stereocenters. The second kappa shape index (κ2) is 9.26. The molecule has 0 spiro atoms. The van der Waals surface area contributed by atoms with Gasteiger partial charge in [0.05, 0.1) is 0 Å². The number of rotatable bonds is 9. The molecule has 0 heterocycles. The van der Waals surface area contributed by atoms with E-state index in [0.29, 0.717) is 0 Å². The maximum absolute atomic E-state index is 8.34. The molecule has 0 aliphatic heterocycles. The zero-order valence-corrected chi connectivity index (χ0v) is 12.0. The summed E-state index contributed by atoms with van der Waals surface area (Å²) in [5.74, 6) is 0.989. The standard InChI is InChI=1S/C11H23NOSSi/c1-4-13-15(2,3)10-8-6-5-7-9-14-11-12/h4-10H2,1-3H3. The monoisotopic (exact) mass is 245 g/mol. The van der Waals surface area contributed by atoms with E-state index in [9.17, 15) is 0 Å². The van der Waals surface area contributed by atoms with Crippen LogP contribution in [-0.2, 0) is 4.43 Å². The van der Waals surface area contributed by atoms with Crippen LogP contribution in [0.15, 0.2) is 0 Å². The molecular weight excluding hydrogens is 222 g/mol. The second-order valence-electron chi connectivity index (χ2n) is 4.30. The Morgan fingerprint density at radius 3 is 2.47 bits per heavy atom.